The lowest BCUT2D eigenvalue weighted by atomic mass is 9.98. The lowest BCUT2D eigenvalue weighted by Crippen LogP contribution is -2.29. The van der Waals surface area contributed by atoms with Crippen molar-refractivity contribution in [2.45, 2.75) is 45.3 Å². The summed E-state index contributed by atoms with van der Waals surface area (Å²) in [6.45, 7) is 8.74. The maximum atomic E-state index is 5.78. The van der Waals surface area contributed by atoms with E-state index in [0.717, 1.165) is 16.5 Å². The zero-order valence-corrected chi connectivity index (χ0v) is 17.6. The molecule has 3 aromatic rings. The molecule has 1 aromatic carbocycles. The Bertz CT molecular complexity index is 987. The Labute approximate surface area is 172 Å². The van der Waals surface area contributed by atoms with Gasteiger partial charge in [-0.1, -0.05) is 18.2 Å². The van der Waals surface area contributed by atoms with Crippen molar-refractivity contribution in [3.8, 4) is 0 Å². The molecule has 0 amide bonds. The van der Waals surface area contributed by atoms with Gasteiger partial charge in [0.15, 0.2) is 5.11 Å². The first-order chi connectivity index (χ1) is 13.3. The molecule has 144 valence electrons. The fourth-order valence-corrected chi connectivity index (χ4v) is 4.10. The van der Waals surface area contributed by atoms with Crippen molar-refractivity contribution in [3.05, 3.63) is 83.9 Å². The van der Waals surface area contributed by atoms with Crippen LogP contribution in [0.25, 0.3) is 0 Å². The molecule has 0 bridgehead atoms. The summed E-state index contributed by atoms with van der Waals surface area (Å²) in [6.07, 6.45) is 6.23. The number of benzene rings is 1. The van der Waals surface area contributed by atoms with Crippen LogP contribution in [0.3, 0.4) is 0 Å². The van der Waals surface area contributed by atoms with Gasteiger partial charge < -0.3 is 14.8 Å². The number of rotatable bonds is 3. The SMILES string of the molecule is Cc1cccc(N2C(=S)N[C@@H](c3ccccn3)[C@@H]2c2ccn(C(C)(C)C)c2)c1. The molecule has 1 aliphatic rings. The lowest BCUT2D eigenvalue weighted by Gasteiger charge is -2.28. The van der Waals surface area contributed by atoms with Gasteiger partial charge in [-0.25, -0.2) is 0 Å². The van der Waals surface area contributed by atoms with Crippen LogP contribution < -0.4 is 10.2 Å². The molecule has 0 saturated carbocycles. The predicted octanol–water partition coefficient (Wildman–Crippen LogP) is 5.12. The van der Waals surface area contributed by atoms with Crippen LogP contribution in [0.4, 0.5) is 5.69 Å². The Morgan fingerprint density at radius 1 is 1.07 bits per heavy atom. The molecule has 0 spiro atoms. The molecule has 1 fully saturated rings. The van der Waals surface area contributed by atoms with Gasteiger partial charge in [0, 0.05) is 29.8 Å². The van der Waals surface area contributed by atoms with Crippen LogP contribution in [0, 0.1) is 6.92 Å². The van der Waals surface area contributed by atoms with Gasteiger partial charge in [-0.15, -0.1) is 0 Å². The maximum Gasteiger partial charge on any atom is 0.174 e. The fraction of sp³-hybridized carbons (Fsp3) is 0.304. The third-order valence-electron chi connectivity index (χ3n) is 5.21. The highest BCUT2D eigenvalue weighted by molar-refractivity contribution is 7.80. The second kappa shape index (κ2) is 7.06. The number of aromatic nitrogens is 2. The number of nitrogens with zero attached hydrogens (tertiary/aromatic N) is 3. The number of pyridine rings is 1. The van der Waals surface area contributed by atoms with E-state index in [9.17, 15) is 0 Å². The maximum absolute atomic E-state index is 5.78. The van der Waals surface area contributed by atoms with E-state index in [4.69, 9.17) is 12.2 Å². The molecule has 1 aliphatic heterocycles. The average Bonchev–Trinajstić information content (AvgIpc) is 3.27. The Morgan fingerprint density at radius 2 is 1.89 bits per heavy atom. The van der Waals surface area contributed by atoms with Gasteiger partial charge >= 0.3 is 0 Å². The van der Waals surface area contributed by atoms with Crippen molar-refractivity contribution < 1.29 is 0 Å². The van der Waals surface area contributed by atoms with Gasteiger partial charge in [-0.2, -0.15) is 0 Å². The minimum atomic E-state index is -0.00923. The molecule has 0 unspecified atom stereocenters. The van der Waals surface area contributed by atoms with E-state index in [1.165, 1.54) is 11.1 Å². The number of hydrogen-bond donors (Lipinski definition) is 1. The van der Waals surface area contributed by atoms with E-state index in [0.29, 0.717) is 0 Å². The van der Waals surface area contributed by atoms with Gasteiger partial charge in [0.25, 0.3) is 0 Å². The zero-order valence-electron chi connectivity index (χ0n) is 16.8. The summed E-state index contributed by atoms with van der Waals surface area (Å²) in [7, 11) is 0. The van der Waals surface area contributed by atoms with Crippen LogP contribution in [-0.2, 0) is 5.54 Å². The van der Waals surface area contributed by atoms with E-state index in [1.54, 1.807) is 0 Å². The average molecular weight is 391 g/mol. The first kappa shape index (κ1) is 18.7. The predicted molar refractivity (Wildman–Crippen MR) is 119 cm³/mol. The highest BCUT2D eigenvalue weighted by Crippen LogP contribution is 2.42. The van der Waals surface area contributed by atoms with E-state index in [-0.39, 0.29) is 17.6 Å². The van der Waals surface area contributed by atoms with E-state index in [1.807, 2.05) is 18.3 Å². The summed E-state index contributed by atoms with van der Waals surface area (Å²) >= 11 is 5.78. The van der Waals surface area contributed by atoms with Crippen LogP contribution in [0.15, 0.2) is 67.1 Å². The summed E-state index contributed by atoms with van der Waals surface area (Å²) in [6, 6.07) is 16.8. The van der Waals surface area contributed by atoms with Crippen LogP contribution in [-0.4, -0.2) is 14.7 Å². The summed E-state index contributed by atoms with van der Waals surface area (Å²) < 4.78 is 2.26. The first-order valence-corrected chi connectivity index (χ1v) is 10.0. The number of nitrogens with one attached hydrogen (secondary N) is 1. The highest BCUT2D eigenvalue weighted by Gasteiger charge is 2.41. The largest absolute Gasteiger partial charge is 0.351 e. The Kier molecular flexibility index (Phi) is 4.71. The second-order valence-corrected chi connectivity index (χ2v) is 8.75. The first-order valence-electron chi connectivity index (χ1n) is 9.60. The van der Waals surface area contributed by atoms with Crippen LogP contribution in [0.5, 0.6) is 0 Å². The summed E-state index contributed by atoms with van der Waals surface area (Å²) in [5.41, 5.74) is 4.56. The molecular weight excluding hydrogens is 364 g/mol. The molecule has 2 atom stereocenters. The molecular formula is C23H26N4S. The van der Waals surface area contributed by atoms with Crippen molar-refractivity contribution in [1.29, 1.82) is 0 Å². The van der Waals surface area contributed by atoms with Crippen molar-refractivity contribution >= 4 is 23.0 Å². The fourth-order valence-electron chi connectivity index (χ4n) is 3.75. The van der Waals surface area contributed by atoms with Gasteiger partial charge in [-0.05, 0) is 81.4 Å². The van der Waals surface area contributed by atoms with Gasteiger partial charge in [0.1, 0.15) is 0 Å². The van der Waals surface area contributed by atoms with Gasteiger partial charge in [0.05, 0.1) is 17.8 Å². The Morgan fingerprint density at radius 3 is 2.54 bits per heavy atom. The van der Waals surface area contributed by atoms with Crippen LogP contribution >= 0.6 is 12.2 Å². The monoisotopic (exact) mass is 390 g/mol. The normalized spacial score (nSPS) is 19.7. The summed E-state index contributed by atoms with van der Waals surface area (Å²) in [5, 5.41) is 4.25. The molecule has 2 aromatic heterocycles. The Hall–Kier alpha value is -2.66. The molecule has 1 N–H and O–H groups in total. The van der Waals surface area contributed by atoms with Crippen LogP contribution in [0.2, 0.25) is 0 Å². The number of anilines is 1. The van der Waals surface area contributed by atoms with Crippen molar-refractivity contribution in [3.63, 3.8) is 0 Å². The molecule has 5 heteroatoms. The summed E-state index contributed by atoms with van der Waals surface area (Å²) in [4.78, 5) is 6.84. The van der Waals surface area contributed by atoms with Crippen molar-refractivity contribution in [2.24, 2.45) is 0 Å². The third-order valence-corrected chi connectivity index (χ3v) is 5.52. The smallest absolute Gasteiger partial charge is 0.174 e. The molecule has 0 aliphatic carbocycles. The van der Waals surface area contributed by atoms with Gasteiger partial charge in [0.2, 0.25) is 0 Å². The number of aryl methyl sites for hydroxylation is 1. The minimum Gasteiger partial charge on any atom is -0.351 e. The molecule has 1 saturated heterocycles. The topological polar surface area (TPSA) is 33.1 Å². The molecule has 4 nitrogen and oxygen atoms in total. The highest BCUT2D eigenvalue weighted by atomic mass is 32.1. The standard InChI is InChI=1S/C23H26N4S/c1-16-8-7-9-18(14-16)27-21(17-11-13-26(15-17)23(2,3)4)20(25-22(27)28)19-10-5-6-12-24-19/h5-15,20-21H,1-4H3,(H,25,28)/t20-,21-/m0/s1. The number of thiocarbonyl (C=S) groups is 1. The van der Waals surface area contributed by atoms with Crippen molar-refractivity contribution in [1.82, 2.24) is 14.9 Å². The molecule has 28 heavy (non-hydrogen) atoms. The molecule has 4 rings (SSSR count). The van der Waals surface area contributed by atoms with E-state index >= 15 is 0 Å². The lowest BCUT2D eigenvalue weighted by molar-refractivity contribution is 0.397. The van der Waals surface area contributed by atoms with E-state index in [2.05, 4.69) is 96.3 Å². The van der Waals surface area contributed by atoms with E-state index < -0.39 is 0 Å². The van der Waals surface area contributed by atoms with Gasteiger partial charge in [-0.3, -0.25) is 4.98 Å². The molecule has 0 radical (unpaired) electrons. The zero-order chi connectivity index (χ0) is 19.9. The quantitative estimate of drug-likeness (QED) is 0.629. The van der Waals surface area contributed by atoms with Crippen LogP contribution in [0.1, 0.15) is 49.7 Å². The second-order valence-electron chi connectivity index (χ2n) is 8.36. The summed E-state index contributed by atoms with van der Waals surface area (Å²) in [5.74, 6) is 0. The molecule has 3 heterocycles. The number of hydrogen-bond acceptors (Lipinski definition) is 2. The minimum absolute atomic E-state index is 0.00923. The Balaban J connectivity index is 1.83. The van der Waals surface area contributed by atoms with Crippen molar-refractivity contribution in [2.75, 3.05) is 4.90 Å². The third kappa shape index (κ3) is 3.42.